The van der Waals surface area contributed by atoms with E-state index in [0.29, 0.717) is 17.1 Å². The summed E-state index contributed by atoms with van der Waals surface area (Å²) in [5.74, 6) is 1.99. The Morgan fingerprint density at radius 3 is 2.52 bits per heavy atom. The second-order valence-corrected chi connectivity index (χ2v) is 4.92. The molecule has 0 bridgehead atoms. The number of benzene rings is 1. The van der Waals surface area contributed by atoms with E-state index in [2.05, 4.69) is 27.5 Å². The molecule has 1 aromatic heterocycles. The molecule has 0 unspecified atom stereocenters. The number of aryl methyl sites for hydroxylation is 2. The van der Waals surface area contributed by atoms with Gasteiger partial charge < -0.3 is 10.6 Å². The smallest absolute Gasteiger partial charge is 0.136 e. The van der Waals surface area contributed by atoms with E-state index < -0.39 is 0 Å². The maximum atomic E-state index is 13.6. The fourth-order valence-electron chi connectivity index (χ4n) is 1.88. The van der Waals surface area contributed by atoms with Crippen LogP contribution in [0.5, 0.6) is 0 Å². The summed E-state index contributed by atoms with van der Waals surface area (Å²) in [6, 6.07) is 6.90. The van der Waals surface area contributed by atoms with E-state index in [-0.39, 0.29) is 5.82 Å². The zero-order valence-corrected chi connectivity index (χ0v) is 12.7. The molecule has 0 atom stereocenters. The molecule has 4 nitrogen and oxygen atoms in total. The van der Waals surface area contributed by atoms with Gasteiger partial charge in [-0.15, -0.1) is 0 Å². The van der Waals surface area contributed by atoms with E-state index in [1.165, 1.54) is 6.07 Å². The first-order chi connectivity index (χ1) is 10.1. The van der Waals surface area contributed by atoms with E-state index in [4.69, 9.17) is 0 Å². The molecule has 0 saturated carbocycles. The van der Waals surface area contributed by atoms with Crippen LogP contribution in [-0.2, 0) is 6.42 Å². The first-order valence-electron chi connectivity index (χ1n) is 7.27. The molecule has 0 aliphatic heterocycles. The first kappa shape index (κ1) is 15.2. The third-order valence-electron chi connectivity index (χ3n) is 3.09. The van der Waals surface area contributed by atoms with Crippen LogP contribution in [0.1, 0.15) is 31.7 Å². The maximum Gasteiger partial charge on any atom is 0.136 e. The molecule has 2 aromatic rings. The van der Waals surface area contributed by atoms with Crippen LogP contribution in [0.25, 0.3) is 0 Å². The second kappa shape index (κ2) is 7.02. The van der Waals surface area contributed by atoms with Gasteiger partial charge in [0.1, 0.15) is 23.3 Å². The van der Waals surface area contributed by atoms with Crippen molar-refractivity contribution in [3.63, 3.8) is 0 Å². The topological polar surface area (TPSA) is 49.8 Å². The van der Waals surface area contributed by atoms with Crippen molar-refractivity contribution in [3.05, 3.63) is 41.5 Å². The van der Waals surface area contributed by atoms with E-state index in [0.717, 1.165) is 31.0 Å². The number of rotatable bonds is 6. The lowest BCUT2D eigenvalue weighted by atomic mass is 10.2. The van der Waals surface area contributed by atoms with Crippen molar-refractivity contribution in [1.29, 1.82) is 0 Å². The van der Waals surface area contributed by atoms with Gasteiger partial charge in [-0.25, -0.2) is 14.4 Å². The molecule has 1 aromatic carbocycles. The van der Waals surface area contributed by atoms with Gasteiger partial charge in [0.15, 0.2) is 0 Å². The molecule has 1 heterocycles. The SMILES string of the molecule is CCCNc1cc(Nc2ccc(C)c(F)c2)nc(CC)n1. The molecule has 21 heavy (non-hydrogen) atoms. The normalized spacial score (nSPS) is 10.5. The first-order valence-corrected chi connectivity index (χ1v) is 7.27. The summed E-state index contributed by atoms with van der Waals surface area (Å²) in [5, 5.41) is 6.38. The Bertz CT molecular complexity index is 613. The van der Waals surface area contributed by atoms with Crippen LogP contribution in [0.15, 0.2) is 24.3 Å². The molecule has 0 saturated heterocycles. The van der Waals surface area contributed by atoms with Crippen LogP contribution in [0.3, 0.4) is 0 Å². The van der Waals surface area contributed by atoms with Gasteiger partial charge in [-0.05, 0) is 31.0 Å². The van der Waals surface area contributed by atoms with Crippen LogP contribution in [0, 0.1) is 12.7 Å². The average molecular weight is 288 g/mol. The Kier molecular flexibility index (Phi) is 5.09. The van der Waals surface area contributed by atoms with E-state index in [9.17, 15) is 4.39 Å². The Balaban J connectivity index is 2.23. The molecule has 0 amide bonds. The Hall–Kier alpha value is -2.17. The van der Waals surface area contributed by atoms with Crippen LogP contribution >= 0.6 is 0 Å². The summed E-state index contributed by atoms with van der Waals surface area (Å²) >= 11 is 0. The van der Waals surface area contributed by atoms with Crippen molar-refractivity contribution >= 4 is 17.3 Å². The highest BCUT2D eigenvalue weighted by atomic mass is 19.1. The summed E-state index contributed by atoms with van der Waals surface area (Å²) in [5.41, 5.74) is 1.31. The third kappa shape index (κ3) is 4.15. The second-order valence-electron chi connectivity index (χ2n) is 4.92. The zero-order valence-electron chi connectivity index (χ0n) is 12.7. The molecule has 2 N–H and O–H groups in total. The van der Waals surface area contributed by atoms with Crippen molar-refractivity contribution in [2.45, 2.75) is 33.6 Å². The number of halogens is 1. The Morgan fingerprint density at radius 2 is 1.86 bits per heavy atom. The van der Waals surface area contributed by atoms with E-state index in [1.54, 1.807) is 13.0 Å². The third-order valence-corrected chi connectivity index (χ3v) is 3.09. The van der Waals surface area contributed by atoms with Crippen LogP contribution in [0.2, 0.25) is 0 Å². The molecule has 0 fully saturated rings. The summed E-state index contributed by atoms with van der Waals surface area (Å²) < 4.78 is 13.6. The zero-order chi connectivity index (χ0) is 15.2. The van der Waals surface area contributed by atoms with Crippen molar-refractivity contribution in [2.75, 3.05) is 17.2 Å². The van der Waals surface area contributed by atoms with Crippen molar-refractivity contribution in [1.82, 2.24) is 9.97 Å². The molecule has 0 radical (unpaired) electrons. The van der Waals surface area contributed by atoms with Gasteiger partial charge in [0.05, 0.1) is 0 Å². The largest absolute Gasteiger partial charge is 0.370 e. The highest BCUT2D eigenvalue weighted by Gasteiger charge is 2.05. The summed E-state index contributed by atoms with van der Waals surface area (Å²) in [6.45, 7) is 6.71. The molecule has 0 spiro atoms. The predicted molar refractivity (Wildman–Crippen MR) is 84.6 cm³/mol. The molecular weight excluding hydrogens is 267 g/mol. The molecule has 112 valence electrons. The minimum absolute atomic E-state index is 0.228. The Morgan fingerprint density at radius 1 is 1.10 bits per heavy atom. The Labute approximate surface area is 124 Å². The fourth-order valence-corrected chi connectivity index (χ4v) is 1.88. The highest BCUT2D eigenvalue weighted by molar-refractivity contribution is 5.59. The number of hydrogen-bond donors (Lipinski definition) is 2. The summed E-state index contributed by atoms with van der Waals surface area (Å²) in [6.07, 6.45) is 1.77. The van der Waals surface area contributed by atoms with E-state index >= 15 is 0 Å². The van der Waals surface area contributed by atoms with Gasteiger partial charge in [-0.1, -0.05) is 19.9 Å². The van der Waals surface area contributed by atoms with Crippen LogP contribution in [0.4, 0.5) is 21.7 Å². The van der Waals surface area contributed by atoms with Crippen molar-refractivity contribution < 1.29 is 4.39 Å². The average Bonchev–Trinajstić information content (AvgIpc) is 2.48. The van der Waals surface area contributed by atoms with Gasteiger partial charge in [-0.3, -0.25) is 0 Å². The van der Waals surface area contributed by atoms with Gasteiger partial charge in [-0.2, -0.15) is 0 Å². The summed E-state index contributed by atoms with van der Waals surface area (Å²) in [7, 11) is 0. The highest BCUT2D eigenvalue weighted by Crippen LogP contribution is 2.20. The van der Waals surface area contributed by atoms with Gasteiger partial charge in [0.25, 0.3) is 0 Å². The lowest BCUT2D eigenvalue weighted by Gasteiger charge is -2.11. The number of nitrogens with one attached hydrogen (secondary N) is 2. The predicted octanol–water partition coefficient (Wildman–Crippen LogP) is 4.05. The molecule has 0 aliphatic rings. The number of hydrogen-bond acceptors (Lipinski definition) is 4. The quantitative estimate of drug-likeness (QED) is 0.842. The minimum Gasteiger partial charge on any atom is -0.370 e. The number of nitrogens with zero attached hydrogens (tertiary/aromatic N) is 2. The lowest BCUT2D eigenvalue weighted by Crippen LogP contribution is -2.07. The minimum atomic E-state index is -0.228. The molecule has 5 heteroatoms. The molecular formula is C16H21FN4. The molecule has 0 aliphatic carbocycles. The lowest BCUT2D eigenvalue weighted by molar-refractivity contribution is 0.619. The van der Waals surface area contributed by atoms with E-state index in [1.807, 2.05) is 19.1 Å². The molecule has 2 rings (SSSR count). The van der Waals surface area contributed by atoms with Gasteiger partial charge >= 0.3 is 0 Å². The van der Waals surface area contributed by atoms with Gasteiger partial charge in [0, 0.05) is 24.7 Å². The fraction of sp³-hybridized carbons (Fsp3) is 0.375. The standard InChI is InChI=1S/C16H21FN4/c1-4-8-18-15-10-16(21-14(5-2)20-15)19-12-7-6-11(3)13(17)9-12/h6-7,9-10H,4-5,8H2,1-3H3,(H2,18,19,20,21). The van der Waals surface area contributed by atoms with Crippen LogP contribution < -0.4 is 10.6 Å². The van der Waals surface area contributed by atoms with Crippen molar-refractivity contribution in [2.24, 2.45) is 0 Å². The van der Waals surface area contributed by atoms with Crippen LogP contribution in [-0.4, -0.2) is 16.5 Å². The summed E-state index contributed by atoms with van der Waals surface area (Å²) in [4.78, 5) is 8.85. The number of aromatic nitrogens is 2. The number of anilines is 3. The van der Waals surface area contributed by atoms with Crippen molar-refractivity contribution in [3.8, 4) is 0 Å². The monoisotopic (exact) mass is 288 g/mol. The van der Waals surface area contributed by atoms with Gasteiger partial charge in [0.2, 0.25) is 0 Å². The maximum absolute atomic E-state index is 13.6.